The van der Waals surface area contributed by atoms with Crippen LogP contribution in [0.4, 0.5) is 4.39 Å². The Morgan fingerprint density at radius 2 is 2.04 bits per heavy atom. The summed E-state index contributed by atoms with van der Waals surface area (Å²) < 4.78 is 13.4. The smallest absolute Gasteiger partial charge is 0.237 e. The van der Waals surface area contributed by atoms with E-state index < -0.39 is 12.2 Å². The van der Waals surface area contributed by atoms with Gasteiger partial charge in [-0.15, -0.1) is 12.3 Å². The van der Waals surface area contributed by atoms with Gasteiger partial charge in [-0.3, -0.25) is 4.79 Å². The normalized spacial score (nSPS) is 42.3. The predicted molar refractivity (Wildman–Crippen MR) is 84.8 cm³/mol. The predicted octanol–water partition coefficient (Wildman–Crippen LogP) is 1.87. The van der Waals surface area contributed by atoms with Crippen molar-refractivity contribution < 1.29 is 9.18 Å². The number of hydrogen-bond donors (Lipinski definition) is 1. The number of halogens is 1. The van der Waals surface area contributed by atoms with Gasteiger partial charge < -0.3 is 10.2 Å². The van der Waals surface area contributed by atoms with Gasteiger partial charge in [0, 0.05) is 17.9 Å². The first-order chi connectivity index (χ1) is 10.9. The second-order valence-corrected chi connectivity index (χ2v) is 7.70. The van der Waals surface area contributed by atoms with E-state index in [0.717, 1.165) is 25.7 Å². The Morgan fingerprint density at radius 3 is 2.61 bits per heavy atom. The van der Waals surface area contributed by atoms with Crippen LogP contribution in [0.3, 0.4) is 0 Å². The topological polar surface area (TPSA) is 56.1 Å². The van der Waals surface area contributed by atoms with Gasteiger partial charge in [0.15, 0.2) is 0 Å². The minimum Gasteiger partial charge on any atom is -0.323 e. The number of hydrogen-bond acceptors (Lipinski definition) is 3. The second-order valence-electron chi connectivity index (χ2n) is 7.70. The first kappa shape index (κ1) is 16.3. The van der Waals surface area contributed by atoms with Gasteiger partial charge in [0.05, 0.1) is 19.2 Å². The molecule has 0 aromatic carbocycles. The van der Waals surface area contributed by atoms with Crippen LogP contribution in [-0.2, 0) is 4.79 Å². The highest BCUT2D eigenvalue weighted by Gasteiger charge is 2.47. The van der Waals surface area contributed by atoms with E-state index in [4.69, 9.17) is 11.7 Å². The minimum atomic E-state index is -1.08. The number of nitriles is 1. The van der Waals surface area contributed by atoms with Crippen molar-refractivity contribution in [2.75, 3.05) is 13.1 Å². The number of likely N-dealkylation sites (tertiary alicyclic amines) is 1. The summed E-state index contributed by atoms with van der Waals surface area (Å²) in [5.41, 5.74) is -0.0540. The molecule has 3 aliphatic rings. The fourth-order valence-electron chi connectivity index (χ4n) is 4.81. The molecule has 1 amide bonds. The number of terminal acetylenes is 1. The molecule has 124 valence electrons. The third-order valence-electron chi connectivity index (χ3n) is 5.89. The van der Waals surface area contributed by atoms with Crippen LogP contribution in [-0.4, -0.2) is 41.6 Å². The van der Waals surface area contributed by atoms with Gasteiger partial charge in [0.2, 0.25) is 5.91 Å². The molecule has 1 aliphatic heterocycles. The molecule has 1 unspecified atom stereocenters. The maximum absolute atomic E-state index is 13.4. The molecule has 0 spiro atoms. The molecule has 0 aromatic heterocycles. The Kier molecular flexibility index (Phi) is 4.34. The summed E-state index contributed by atoms with van der Waals surface area (Å²) in [5.74, 6) is 4.42. The highest BCUT2D eigenvalue weighted by molar-refractivity contribution is 5.79. The molecule has 0 aromatic rings. The fraction of sp³-hybridized carbons (Fsp3) is 0.778. The second kappa shape index (κ2) is 6.13. The molecule has 1 N–H and O–H groups in total. The minimum absolute atomic E-state index is 0.0462. The molecule has 5 heteroatoms. The Bertz CT molecular complexity index is 550. The molecule has 6 atom stereocenters. The summed E-state index contributed by atoms with van der Waals surface area (Å²) in [4.78, 5) is 13.7. The third kappa shape index (κ3) is 3.21. The van der Waals surface area contributed by atoms with Gasteiger partial charge >= 0.3 is 0 Å². The van der Waals surface area contributed by atoms with Crippen molar-refractivity contribution in [2.45, 2.75) is 56.8 Å². The zero-order valence-corrected chi connectivity index (χ0v) is 13.6. The van der Waals surface area contributed by atoms with E-state index in [2.05, 4.69) is 18.2 Å². The molecule has 0 bridgehead atoms. The van der Waals surface area contributed by atoms with Gasteiger partial charge in [0.1, 0.15) is 12.2 Å². The summed E-state index contributed by atoms with van der Waals surface area (Å²) in [6, 6.07) is 1.41. The van der Waals surface area contributed by atoms with Crippen LogP contribution in [0.15, 0.2) is 0 Å². The number of carbonyl (C=O) groups excluding carboxylic acids is 1. The van der Waals surface area contributed by atoms with Crippen LogP contribution < -0.4 is 5.32 Å². The van der Waals surface area contributed by atoms with Crippen LogP contribution in [0.1, 0.15) is 39.0 Å². The lowest BCUT2D eigenvalue weighted by atomic mass is 9.93. The van der Waals surface area contributed by atoms with E-state index in [9.17, 15) is 9.18 Å². The quantitative estimate of drug-likeness (QED) is 0.809. The largest absolute Gasteiger partial charge is 0.323 e. The molecule has 1 heterocycles. The van der Waals surface area contributed by atoms with Crippen molar-refractivity contribution in [2.24, 2.45) is 17.8 Å². The highest BCUT2D eigenvalue weighted by Crippen LogP contribution is 2.50. The van der Waals surface area contributed by atoms with Gasteiger partial charge in [-0.2, -0.15) is 5.26 Å². The first-order valence-corrected chi connectivity index (χ1v) is 8.48. The average Bonchev–Trinajstić information content (AvgIpc) is 3.15. The number of carbonyl (C=O) groups is 1. The SMILES string of the molecule is C#CC1C[C@@H]2C[C@@](C)(NCC(=O)N3C[C@@H](F)C[C@H]3C#N)C[C@@H]2C1. The summed E-state index contributed by atoms with van der Waals surface area (Å²) in [6.07, 6.45) is 8.86. The van der Waals surface area contributed by atoms with E-state index in [0.29, 0.717) is 17.8 Å². The Labute approximate surface area is 137 Å². The standard InChI is InChI=1S/C18H24FN3O/c1-3-12-4-13-7-18(2,8-14(13)5-12)21-10-17(23)22-11-15(19)6-16(22)9-20/h1,12-16,21H,4-8,10-11H2,2H3/t12?,13-,14+,15-,16-,18-/m0/s1. The van der Waals surface area contributed by atoms with E-state index in [1.165, 1.54) is 4.90 Å². The molecular weight excluding hydrogens is 293 g/mol. The molecule has 2 saturated carbocycles. The third-order valence-corrected chi connectivity index (χ3v) is 5.89. The summed E-state index contributed by atoms with van der Waals surface area (Å²) in [7, 11) is 0. The van der Waals surface area contributed by atoms with Crippen LogP contribution in [0.25, 0.3) is 0 Å². The maximum atomic E-state index is 13.4. The number of amides is 1. The molecule has 2 aliphatic carbocycles. The molecule has 4 nitrogen and oxygen atoms in total. The van der Waals surface area contributed by atoms with Crippen molar-refractivity contribution >= 4 is 5.91 Å². The van der Waals surface area contributed by atoms with E-state index in [1.807, 2.05) is 6.07 Å². The van der Waals surface area contributed by atoms with Gasteiger partial charge in [0.25, 0.3) is 0 Å². The molecule has 0 radical (unpaired) electrons. The van der Waals surface area contributed by atoms with E-state index in [1.54, 1.807) is 0 Å². The van der Waals surface area contributed by atoms with E-state index in [-0.39, 0.29) is 31.0 Å². The summed E-state index contributed by atoms with van der Waals surface area (Å²) in [6.45, 7) is 2.39. The number of nitrogens with one attached hydrogen (secondary N) is 1. The zero-order valence-electron chi connectivity index (χ0n) is 13.6. The number of nitrogens with zero attached hydrogens (tertiary/aromatic N) is 2. The van der Waals surface area contributed by atoms with Crippen molar-refractivity contribution in [3.63, 3.8) is 0 Å². The summed E-state index contributed by atoms with van der Waals surface area (Å²) >= 11 is 0. The molecular formula is C18H24FN3O. The molecule has 1 saturated heterocycles. The van der Waals surface area contributed by atoms with Crippen LogP contribution in [0.2, 0.25) is 0 Å². The van der Waals surface area contributed by atoms with Gasteiger partial charge in [-0.25, -0.2) is 4.39 Å². The zero-order chi connectivity index (χ0) is 16.6. The first-order valence-electron chi connectivity index (χ1n) is 8.48. The lowest BCUT2D eigenvalue weighted by Crippen LogP contribution is -2.48. The number of rotatable bonds is 3. The lowest BCUT2D eigenvalue weighted by Gasteiger charge is -2.29. The Balaban J connectivity index is 1.52. The summed E-state index contributed by atoms with van der Waals surface area (Å²) in [5, 5.41) is 12.4. The Morgan fingerprint density at radius 1 is 1.39 bits per heavy atom. The molecule has 3 fully saturated rings. The number of alkyl halides is 1. The lowest BCUT2D eigenvalue weighted by molar-refractivity contribution is -0.130. The van der Waals surface area contributed by atoms with Gasteiger partial charge in [-0.05, 0) is 44.4 Å². The van der Waals surface area contributed by atoms with E-state index >= 15 is 0 Å². The van der Waals surface area contributed by atoms with Crippen molar-refractivity contribution in [1.82, 2.24) is 10.2 Å². The maximum Gasteiger partial charge on any atom is 0.237 e. The van der Waals surface area contributed by atoms with Crippen LogP contribution in [0.5, 0.6) is 0 Å². The van der Waals surface area contributed by atoms with Crippen molar-refractivity contribution in [3.8, 4) is 18.4 Å². The monoisotopic (exact) mass is 317 g/mol. The van der Waals surface area contributed by atoms with Gasteiger partial charge in [-0.1, -0.05) is 0 Å². The van der Waals surface area contributed by atoms with Crippen molar-refractivity contribution in [1.29, 1.82) is 5.26 Å². The molecule has 3 rings (SSSR count). The average molecular weight is 317 g/mol. The van der Waals surface area contributed by atoms with Crippen LogP contribution >= 0.6 is 0 Å². The Hall–Kier alpha value is -1.59. The van der Waals surface area contributed by atoms with Crippen LogP contribution in [0, 0.1) is 41.4 Å². The number of fused-ring (bicyclic) bond motifs is 1. The fourth-order valence-corrected chi connectivity index (χ4v) is 4.81. The highest BCUT2D eigenvalue weighted by atomic mass is 19.1. The molecule has 23 heavy (non-hydrogen) atoms. The van der Waals surface area contributed by atoms with Crippen molar-refractivity contribution in [3.05, 3.63) is 0 Å².